The summed E-state index contributed by atoms with van der Waals surface area (Å²) in [6, 6.07) is 10.7. The first-order valence-corrected chi connectivity index (χ1v) is 9.85. The molecule has 3 aromatic rings. The van der Waals surface area contributed by atoms with Gasteiger partial charge in [-0.05, 0) is 55.3 Å². The summed E-state index contributed by atoms with van der Waals surface area (Å²) in [5.74, 6) is 0.652. The van der Waals surface area contributed by atoms with E-state index in [4.69, 9.17) is 27.6 Å². The van der Waals surface area contributed by atoms with Crippen LogP contribution in [0.5, 0.6) is 0 Å². The van der Waals surface area contributed by atoms with Crippen LogP contribution in [0.3, 0.4) is 0 Å². The van der Waals surface area contributed by atoms with Crippen molar-refractivity contribution < 1.29 is 13.6 Å². The molecule has 150 valence electrons. The quantitative estimate of drug-likeness (QED) is 0.582. The van der Waals surface area contributed by atoms with Gasteiger partial charge in [0.15, 0.2) is 0 Å². The molecule has 29 heavy (non-hydrogen) atoms. The summed E-state index contributed by atoms with van der Waals surface area (Å²) in [5.41, 5.74) is 1.26. The SMILES string of the molecule is O=C(Nc1ccc(Cl)c(Cl)c1)N1CCC(c2nnc(-c3ccc(F)cc3)o2)CC1. The van der Waals surface area contributed by atoms with Crippen LogP contribution in [-0.4, -0.2) is 34.2 Å². The van der Waals surface area contributed by atoms with Crippen LogP contribution in [0.15, 0.2) is 46.9 Å². The van der Waals surface area contributed by atoms with Crippen molar-refractivity contribution in [3.05, 3.63) is 64.2 Å². The Morgan fingerprint density at radius 2 is 1.79 bits per heavy atom. The monoisotopic (exact) mass is 434 g/mol. The summed E-state index contributed by atoms with van der Waals surface area (Å²) >= 11 is 11.9. The van der Waals surface area contributed by atoms with Gasteiger partial charge in [0.2, 0.25) is 11.8 Å². The molecule has 6 nitrogen and oxygen atoms in total. The van der Waals surface area contributed by atoms with Gasteiger partial charge < -0.3 is 14.6 Å². The third-order valence-corrected chi connectivity index (χ3v) is 5.57. The summed E-state index contributed by atoms with van der Waals surface area (Å²) in [6.07, 6.45) is 1.42. The van der Waals surface area contributed by atoms with Gasteiger partial charge in [0.25, 0.3) is 0 Å². The first-order valence-electron chi connectivity index (χ1n) is 9.10. The van der Waals surface area contributed by atoms with Crippen molar-refractivity contribution in [3.63, 3.8) is 0 Å². The Balaban J connectivity index is 1.35. The number of likely N-dealkylation sites (tertiary alicyclic amines) is 1. The number of nitrogens with zero attached hydrogens (tertiary/aromatic N) is 3. The van der Waals surface area contributed by atoms with Gasteiger partial charge in [-0.25, -0.2) is 9.18 Å². The Morgan fingerprint density at radius 3 is 2.48 bits per heavy atom. The molecule has 9 heteroatoms. The van der Waals surface area contributed by atoms with Gasteiger partial charge in [-0.1, -0.05) is 23.2 Å². The number of nitrogens with one attached hydrogen (secondary N) is 1. The number of urea groups is 1. The number of anilines is 1. The maximum Gasteiger partial charge on any atom is 0.321 e. The first kappa shape index (κ1) is 19.7. The standard InChI is InChI=1S/C20H17Cl2FN4O2/c21-16-6-5-15(11-17(16)22)24-20(28)27-9-7-13(8-10-27)19-26-25-18(29-19)12-1-3-14(23)4-2-12/h1-6,11,13H,7-10H2,(H,24,28). The molecule has 0 saturated carbocycles. The minimum atomic E-state index is -0.319. The molecule has 2 amide bonds. The summed E-state index contributed by atoms with van der Waals surface area (Å²) in [6.45, 7) is 1.12. The molecule has 0 unspecified atom stereocenters. The Morgan fingerprint density at radius 1 is 1.07 bits per heavy atom. The van der Waals surface area contributed by atoms with Crippen LogP contribution in [-0.2, 0) is 0 Å². The van der Waals surface area contributed by atoms with Gasteiger partial charge in [-0.3, -0.25) is 0 Å². The van der Waals surface area contributed by atoms with Crippen molar-refractivity contribution in [3.8, 4) is 11.5 Å². The molecule has 1 aliphatic heterocycles. The second-order valence-corrected chi connectivity index (χ2v) is 7.59. The summed E-state index contributed by atoms with van der Waals surface area (Å²) < 4.78 is 18.8. The molecule has 1 aliphatic rings. The molecule has 1 fully saturated rings. The number of rotatable bonds is 3. The van der Waals surface area contributed by atoms with Crippen LogP contribution < -0.4 is 5.32 Å². The van der Waals surface area contributed by atoms with Crippen molar-refractivity contribution in [2.75, 3.05) is 18.4 Å². The maximum atomic E-state index is 13.1. The van der Waals surface area contributed by atoms with E-state index in [0.717, 1.165) is 0 Å². The number of amides is 2. The Labute approximate surface area is 176 Å². The fourth-order valence-electron chi connectivity index (χ4n) is 3.21. The molecular weight excluding hydrogens is 418 g/mol. The molecule has 1 saturated heterocycles. The van der Waals surface area contributed by atoms with Gasteiger partial charge in [-0.15, -0.1) is 10.2 Å². The minimum Gasteiger partial charge on any atom is -0.420 e. The molecular formula is C20H17Cl2FN4O2. The van der Waals surface area contributed by atoms with Crippen LogP contribution in [0.25, 0.3) is 11.5 Å². The largest absolute Gasteiger partial charge is 0.420 e. The van der Waals surface area contributed by atoms with E-state index < -0.39 is 0 Å². The fourth-order valence-corrected chi connectivity index (χ4v) is 3.51. The number of aromatic nitrogens is 2. The second kappa shape index (κ2) is 8.39. The van der Waals surface area contributed by atoms with Crippen molar-refractivity contribution in [1.82, 2.24) is 15.1 Å². The third kappa shape index (κ3) is 4.52. The van der Waals surface area contributed by atoms with Crippen molar-refractivity contribution >= 4 is 34.9 Å². The average molecular weight is 435 g/mol. The van der Waals surface area contributed by atoms with Gasteiger partial charge in [0, 0.05) is 30.3 Å². The number of carbonyl (C=O) groups is 1. The Bertz CT molecular complexity index is 1020. The zero-order valence-corrected chi connectivity index (χ0v) is 16.8. The van der Waals surface area contributed by atoms with Crippen LogP contribution in [0.1, 0.15) is 24.7 Å². The second-order valence-electron chi connectivity index (χ2n) is 6.77. The van der Waals surface area contributed by atoms with E-state index in [1.54, 1.807) is 35.2 Å². The highest BCUT2D eigenvalue weighted by Crippen LogP contribution is 2.30. The molecule has 0 radical (unpaired) electrons. The van der Waals surface area contributed by atoms with Crippen molar-refractivity contribution in [2.24, 2.45) is 0 Å². The van der Waals surface area contributed by atoms with Gasteiger partial charge in [0.05, 0.1) is 10.0 Å². The number of hydrogen-bond acceptors (Lipinski definition) is 4. The summed E-state index contributed by atoms with van der Waals surface area (Å²) in [7, 11) is 0. The highest BCUT2D eigenvalue weighted by Gasteiger charge is 2.27. The van der Waals surface area contributed by atoms with Gasteiger partial charge in [-0.2, -0.15) is 0 Å². The molecule has 1 aromatic heterocycles. The molecule has 4 rings (SSSR count). The van der Waals surface area contributed by atoms with E-state index in [9.17, 15) is 9.18 Å². The lowest BCUT2D eigenvalue weighted by Gasteiger charge is -2.30. The fraction of sp³-hybridized carbons (Fsp3) is 0.250. The number of piperidine rings is 1. The van der Waals surface area contributed by atoms with E-state index in [2.05, 4.69) is 15.5 Å². The predicted octanol–water partition coefficient (Wildman–Crippen LogP) is 5.59. The highest BCUT2D eigenvalue weighted by molar-refractivity contribution is 6.42. The number of hydrogen-bond donors (Lipinski definition) is 1. The molecule has 0 atom stereocenters. The lowest BCUT2D eigenvalue weighted by molar-refractivity contribution is 0.190. The maximum absolute atomic E-state index is 13.1. The number of carbonyl (C=O) groups excluding carboxylic acids is 1. The van der Waals surface area contributed by atoms with Gasteiger partial charge in [0.1, 0.15) is 5.82 Å². The van der Waals surface area contributed by atoms with E-state index in [1.807, 2.05) is 0 Å². The molecule has 2 aromatic carbocycles. The zero-order valence-electron chi connectivity index (χ0n) is 15.2. The molecule has 0 bridgehead atoms. The van der Waals surface area contributed by atoms with Crippen LogP contribution in [0, 0.1) is 5.82 Å². The third-order valence-electron chi connectivity index (χ3n) is 4.83. The van der Waals surface area contributed by atoms with Gasteiger partial charge >= 0.3 is 6.03 Å². The minimum absolute atomic E-state index is 0.0747. The van der Waals surface area contributed by atoms with Crippen LogP contribution >= 0.6 is 23.2 Å². The molecule has 1 N–H and O–H groups in total. The highest BCUT2D eigenvalue weighted by atomic mass is 35.5. The smallest absolute Gasteiger partial charge is 0.321 e. The number of benzene rings is 2. The lowest BCUT2D eigenvalue weighted by Crippen LogP contribution is -2.40. The topological polar surface area (TPSA) is 71.3 Å². The Hall–Kier alpha value is -2.64. The summed E-state index contributed by atoms with van der Waals surface area (Å²) in [4.78, 5) is 14.2. The average Bonchev–Trinajstić information content (AvgIpc) is 3.21. The van der Waals surface area contributed by atoms with Crippen molar-refractivity contribution in [2.45, 2.75) is 18.8 Å². The van der Waals surface area contributed by atoms with E-state index >= 15 is 0 Å². The number of halogens is 3. The van der Waals surface area contributed by atoms with E-state index in [0.29, 0.717) is 59.0 Å². The molecule has 2 heterocycles. The Kier molecular flexibility index (Phi) is 5.69. The van der Waals surface area contributed by atoms with E-state index in [-0.39, 0.29) is 17.8 Å². The van der Waals surface area contributed by atoms with Crippen LogP contribution in [0.4, 0.5) is 14.9 Å². The first-order chi connectivity index (χ1) is 14.0. The predicted molar refractivity (Wildman–Crippen MR) is 109 cm³/mol. The summed E-state index contributed by atoms with van der Waals surface area (Å²) in [5, 5.41) is 11.8. The molecule has 0 spiro atoms. The van der Waals surface area contributed by atoms with Crippen LogP contribution in [0.2, 0.25) is 10.0 Å². The lowest BCUT2D eigenvalue weighted by atomic mass is 9.97. The van der Waals surface area contributed by atoms with E-state index in [1.165, 1.54) is 12.1 Å². The van der Waals surface area contributed by atoms with Crippen molar-refractivity contribution in [1.29, 1.82) is 0 Å². The zero-order chi connectivity index (χ0) is 20.4. The molecule has 0 aliphatic carbocycles. The normalized spacial score (nSPS) is 14.8.